The zero-order valence-corrected chi connectivity index (χ0v) is 40.9. The van der Waals surface area contributed by atoms with Crippen LogP contribution in [0.1, 0.15) is 76.3 Å². The number of hydrogen-bond acceptors (Lipinski definition) is 6. The van der Waals surface area contributed by atoms with Crippen LogP contribution in [0.4, 0.5) is 39.8 Å². The van der Waals surface area contributed by atoms with Crippen molar-refractivity contribution in [3.63, 3.8) is 0 Å². The van der Waals surface area contributed by atoms with Crippen molar-refractivity contribution in [2.24, 2.45) is 0 Å². The van der Waals surface area contributed by atoms with E-state index in [9.17, 15) is 0 Å². The van der Waals surface area contributed by atoms with Crippen molar-refractivity contribution in [2.45, 2.75) is 74.5 Å². The van der Waals surface area contributed by atoms with Gasteiger partial charge in [-0.1, -0.05) is 120 Å². The van der Waals surface area contributed by atoms with Gasteiger partial charge in [-0.25, -0.2) is 4.98 Å². The number of para-hydroxylation sites is 5. The second-order valence-electron chi connectivity index (χ2n) is 19.8. The third-order valence-electron chi connectivity index (χ3n) is 14.2. The molecular weight excluding hydrogens is 1010 g/mol. The number of nitrogens with zero attached hydrogens (tertiary/aromatic N) is 5. The van der Waals surface area contributed by atoms with Crippen LogP contribution in [0, 0.1) is 18.8 Å². The minimum Gasteiger partial charge on any atom is -0.509 e. The van der Waals surface area contributed by atoms with Gasteiger partial charge in [0.15, 0.2) is 0 Å². The molecule has 6 heterocycles. The Balaban J connectivity index is 0.00000456. The monoisotopic (exact) mass is 1060 g/mol. The summed E-state index contributed by atoms with van der Waals surface area (Å²) >= 11 is 1.91. The van der Waals surface area contributed by atoms with Gasteiger partial charge in [-0.05, 0) is 93.2 Å². The van der Waals surface area contributed by atoms with Crippen LogP contribution in [0.5, 0.6) is 11.5 Å². The maximum Gasteiger partial charge on any atom is 0.135 e. The predicted molar refractivity (Wildman–Crippen MR) is 266 cm³/mol. The van der Waals surface area contributed by atoms with Gasteiger partial charge >= 0.3 is 0 Å². The fourth-order valence-corrected chi connectivity index (χ4v) is 11.9. The molecule has 0 unspecified atom stereocenters. The number of aromatic nitrogens is 2. The van der Waals surface area contributed by atoms with Crippen molar-refractivity contribution in [1.29, 1.82) is 0 Å². The van der Waals surface area contributed by atoms with Gasteiger partial charge in [0.1, 0.15) is 5.82 Å². The molecule has 8 heteroatoms. The second kappa shape index (κ2) is 14.4. The summed E-state index contributed by atoms with van der Waals surface area (Å²) in [6.07, 6.45) is 1.91. The molecule has 0 saturated heterocycles. The molecule has 0 fully saturated rings. The summed E-state index contributed by atoms with van der Waals surface area (Å²) in [4.78, 5) is 14.7. The summed E-state index contributed by atoms with van der Waals surface area (Å²) in [5, 5.41) is 2.24. The number of anilines is 7. The molecule has 0 amide bonds. The van der Waals surface area contributed by atoms with Gasteiger partial charge in [0, 0.05) is 82.0 Å². The van der Waals surface area contributed by atoms with Gasteiger partial charge in [-0.3, -0.25) is 0 Å². The average Bonchev–Trinajstić information content (AvgIpc) is 3.85. The summed E-state index contributed by atoms with van der Waals surface area (Å²) in [6, 6.07) is 57.6. The number of ether oxygens (including phenoxy) is 1. The van der Waals surface area contributed by atoms with Gasteiger partial charge in [0.2, 0.25) is 0 Å². The molecule has 328 valence electrons. The Morgan fingerprint density at radius 1 is 0.606 bits per heavy atom. The molecule has 4 aliphatic rings. The zero-order valence-electron chi connectivity index (χ0n) is 37.8. The molecule has 6 nitrogen and oxygen atoms in total. The maximum absolute atomic E-state index is 6.67. The molecule has 0 saturated carbocycles. The molecule has 66 heavy (non-hydrogen) atoms. The van der Waals surface area contributed by atoms with E-state index in [-0.39, 0.29) is 37.3 Å². The topological polar surface area (TPSA) is 36.8 Å². The summed E-state index contributed by atoms with van der Waals surface area (Å²) < 4.78 is 8.87. The number of fused-ring (bicyclic) bond motifs is 4. The third kappa shape index (κ3) is 5.82. The van der Waals surface area contributed by atoms with E-state index in [2.05, 4.69) is 208 Å². The van der Waals surface area contributed by atoms with Crippen molar-refractivity contribution in [1.82, 2.24) is 9.55 Å². The molecule has 4 aliphatic heterocycles. The van der Waals surface area contributed by atoms with E-state index in [1.807, 2.05) is 36.2 Å². The van der Waals surface area contributed by atoms with Gasteiger partial charge in [-0.2, -0.15) is 12.1 Å². The van der Waals surface area contributed by atoms with Gasteiger partial charge < -0.3 is 24.0 Å². The molecular formula is C58H46N5OPtS-3. The second-order valence-corrected chi connectivity index (χ2v) is 20.9. The van der Waals surface area contributed by atoms with Crippen molar-refractivity contribution in [3.05, 3.63) is 192 Å². The molecule has 0 atom stereocenters. The largest absolute Gasteiger partial charge is 0.509 e. The Kier molecular flexibility index (Phi) is 8.96. The van der Waals surface area contributed by atoms with Crippen LogP contribution in [0.25, 0.3) is 27.6 Å². The van der Waals surface area contributed by atoms with Crippen LogP contribution in [-0.2, 0) is 37.3 Å². The fraction of sp³-hybridized carbons (Fsp3) is 0.172. The van der Waals surface area contributed by atoms with E-state index in [1.54, 1.807) is 0 Å². The molecule has 13 rings (SSSR count). The average molecular weight is 1060 g/mol. The van der Waals surface area contributed by atoms with Crippen molar-refractivity contribution < 1.29 is 25.8 Å². The molecule has 9 aromatic rings. The van der Waals surface area contributed by atoms with Gasteiger partial charge in [0.25, 0.3) is 0 Å². The molecule has 0 aliphatic carbocycles. The minimum absolute atomic E-state index is 0. The Hall–Kier alpha value is -6.27. The Morgan fingerprint density at radius 2 is 1.24 bits per heavy atom. The first-order chi connectivity index (χ1) is 31.4. The van der Waals surface area contributed by atoms with E-state index in [4.69, 9.17) is 9.72 Å². The molecule has 0 spiro atoms. The first-order valence-electron chi connectivity index (χ1n) is 22.5. The van der Waals surface area contributed by atoms with E-state index in [0.29, 0.717) is 11.5 Å². The summed E-state index contributed by atoms with van der Waals surface area (Å²) in [6.45, 7) is 18.5. The normalized spacial score (nSPS) is 15.7. The minimum atomic E-state index is -0.234. The van der Waals surface area contributed by atoms with E-state index in [0.717, 1.165) is 50.4 Å². The Morgan fingerprint density at radius 3 is 1.94 bits per heavy atom. The number of hydrogen-bond donors (Lipinski definition) is 0. The summed E-state index contributed by atoms with van der Waals surface area (Å²) in [5.74, 6) is 2.07. The van der Waals surface area contributed by atoms with Crippen molar-refractivity contribution >= 4 is 73.4 Å². The molecule has 2 aromatic heterocycles. The standard InChI is InChI=1S/C58H46N5OS.Pt/c1-56(2,3)35-27-28-59-52(29-35)62-46-20-9-8-17-40(46)41-26-25-39(33-49(41)62)64-38-16-12-15-36(30-38)60-34-61(48-22-11-10-21-47(48)60)37-31-44-53-45(32-37)58(6,7)43-19-14-24-51-55(43)63(53)54-42(57(44,4)5)18-13-23-50(54)65-51;/h8-29,31-32,34H,1-7H3;/q-3;. The molecule has 0 bridgehead atoms. The maximum atomic E-state index is 6.67. The Labute approximate surface area is 405 Å². The van der Waals surface area contributed by atoms with E-state index in [1.165, 1.54) is 54.7 Å². The van der Waals surface area contributed by atoms with Crippen LogP contribution in [0.2, 0.25) is 0 Å². The summed E-state index contributed by atoms with van der Waals surface area (Å²) in [5.41, 5.74) is 16.3. The number of benzene rings is 7. The summed E-state index contributed by atoms with van der Waals surface area (Å²) in [7, 11) is 0. The van der Waals surface area contributed by atoms with Crippen LogP contribution >= 0.6 is 11.8 Å². The first kappa shape index (κ1) is 41.2. The van der Waals surface area contributed by atoms with Crippen LogP contribution < -0.4 is 19.4 Å². The molecule has 0 radical (unpaired) electrons. The Bertz CT molecular complexity index is 3420. The zero-order chi connectivity index (χ0) is 44.1. The van der Waals surface area contributed by atoms with E-state index >= 15 is 0 Å². The molecule has 7 aromatic carbocycles. The molecule has 0 N–H and O–H groups in total. The van der Waals surface area contributed by atoms with E-state index < -0.39 is 0 Å². The first-order valence-corrected chi connectivity index (χ1v) is 23.3. The van der Waals surface area contributed by atoms with Crippen molar-refractivity contribution in [2.75, 3.05) is 14.7 Å². The number of rotatable bonds is 5. The van der Waals surface area contributed by atoms with Crippen LogP contribution in [0.15, 0.2) is 156 Å². The quantitative estimate of drug-likeness (QED) is 0.160. The predicted octanol–water partition coefficient (Wildman–Crippen LogP) is 15.5. The van der Waals surface area contributed by atoms with Gasteiger partial charge in [0.05, 0.1) is 17.1 Å². The third-order valence-corrected chi connectivity index (χ3v) is 15.3. The van der Waals surface area contributed by atoms with Crippen molar-refractivity contribution in [3.8, 4) is 17.3 Å². The van der Waals surface area contributed by atoms with Crippen LogP contribution in [-0.4, -0.2) is 9.55 Å². The van der Waals surface area contributed by atoms with Gasteiger partial charge in [-0.15, -0.1) is 48.1 Å². The number of pyridine rings is 1. The fourth-order valence-electron chi connectivity index (χ4n) is 10.8. The van der Waals surface area contributed by atoms with Crippen LogP contribution in [0.3, 0.4) is 0 Å². The SMILES string of the molecule is CC(C)(C)c1ccnc(-n2c3[c-]c(Oc4[c-]c(N5[CH-]N(c6cc7c8c(c6)C(C)(C)c6cccc9c6N8c6c(cccc6C7(C)C)S9)c6ccccc65)ccc4)ccc3c3ccccc32)c1.[Pt]. The smallest absolute Gasteiger partial charge is 0.135 e.